The van der Waals surface area contributed by atoms with Crippen molar-refractivity contribution < 1.29 is 13.9 Å². The molecule has 168 valence electrons. The van der Waals surface area contributed by atoms with E-state index in [0.29, 0.717) is 36.6 Å². The molecule has 0 saturated carbocycles. The van der Waals surface area contributed by atoms with Crippen LogP contribution < -0.4 is 10.1 Å². The molecule has 0 bridgehead atoms. The Morgan fingerprint density at radius 3 is 2.21 bits per heavy atom. The minimum atomic E-state index is -0.337. The number of carbonyl (C=O) groups is 1. The topological polar surface area (TPSA) is 54.5 Å². The lowest BCUT2D eigenvalue weighted by Crippen LogP contribution is -2.47. The lowest BCUT2D eigenvalue weighted by atomic mass is 9.99. The first-order chi connectivity index (χ1) is 16.2. The standard InChI is InChI=1S/C26H24FN3O2S/c27-21-12-7-13-22-24(21)29-26(33-22)32-20-14-16-30(17-15-20)25(31)28-23(18-8-3-1-4-9-18)19-10-5-2-6-11-19/h1-13,20,23H,14-17H2,(H,28,31). The number of nitrogens with one attached hydrogen (secondary N) is 1. The molecule has 2 heterocycles. The van der Waals surface area contributed by atoms with E-state index in [1.54, 1.807) is 6.07 Å². The fourth-order valence-corrected chi connectivity index (χ4v) is 5.02. The van der Waals surface area contributed by atoms with Gasteiger partial charge in [-0.2, -0.15) is 4.98 Å². The number of likely N-dealkylation sites (tertiary alicyclic amines) is 1. The first-order valence-electron chi connectivity index (χ1n) is 11.0. The third-order valence-corrected chi connectivity index (χ3v) is 6.79. The summed E-state index contributed by atoms with van der Waals surface area (Å²) in [6.07, 6.45) is 1.36. The number of ether oxygens (including phenoxy) is 1. The SMILES string of the molecule is O=C(NC(c1ccccc1)c1ccccc1)N1CCC(Oc2nc3c(F)cccc3s2)CC1. The number of amides is 2. The number of halogens is 1. The highest BCUT2D eigenvalue weighted by Crippen LogP contribution is 2.31. The largest absolute Gasteiger partial charge is 0.467 e. The number of urea groups is 1. The molecule has 0 atom stereocenters. The number of piperidine rings is 1. The number of hydrogen-bond acceptors (Lipinski definition) is 4. The van der Waals surface area contributed by atoms with Gasteiger partial charge < -0.3 is 15.0 Å². The summed E-state index contributed by atoms with van der Waals surface area (Å²) >= 11 is 1.35. The summed E-state index contributed by atoms with van der Waals surface area (Å²) in [7, 11) is 0. The highest BCUT2D eigenvalue weighted by molar-refractivity contribution is 7.20. The van der Waals surface area contributed by atoms with E-state index >= 15 is 0 Å². The van der Waals surface area contributed by atoms with Gasteiger partial charge in [0, 0.05) is 25.9 Å². The third-order valence-electron chi connectivity index (χ3n) is 5.88. The number of para-hydroxylation sites is 1. The Morgan fingerprint density at radius 2 is 1.61 bits per heavy atom. The van der Waals surface area contributed by atoms with Crippen LogP contribution in [0, 0.1) is 5.82 Å². The first kappa shape index (κ1) is 21.4. The number of nitrogens with zero attached hydrogens (tertiary/aromatic N) is 2. The summed E-state index contributed by atoms with van der Waals surface area (Å²) in [6, 6.07) is 24.6. The van der Waals surface area contributed by atoms with Gasteiger partial charge in [-0.15, -0.1) is 0 Å². The monoisotopic (exact) mass is 461 g/mol. The maximum atomic E-state index is 13.9. The summed E-state index contributed by atoms with van der Waals surface area (Å²) in [6.45, 7) is 1.18. The van der Waals surface area contributed by atoms with E-state index in [2.05, 4.69) is 10.3 Å². The van der Waals surface area contributed by atoms with Crippen molar-refractivity contribution in [2.24, 2.45) is 0 Å². The highest BCUT2D eigenvalue weighted by atomic mass is 32.1. The third kappa shape index (κ3) is 4.83. The van der Waals surface area contributed by atoms with E-state index in [1.165, 1.54) is 17.4 Å². The van der Waals surface area contributed by atoms with Crippen LogP contribution in [0.15, 0.2) is 78.9 Å². The molecule has 5 nitrogen and oxygen atoms in total. The van der Waals surface area contributed by atoms with Crippen molar-refractivity contribution in [3.63, 3.8) is 0 Å². The first-order valence-corrected chi connectivity index (χ1v) is 11.9. The molecule has 1 N–H and O–H groups in total. The second-order valence-electron chi connectivity index (χ2n) is 8.07. The molecule has 4 aromatic rings. The molecule has 0 unspecified atom stereocenters. The molecule has 7 heteroatoms. The number of thiazole rings is 1. The summed E-state index contributed by atoms with van der Waals surface area (Å²) in [5.74, 6) is -0.337. The zero-order valence-electron chi connectivity index (χ0n) is 18.0. The fraction of sp³-hybridized carbons (Fsp3) is 0.231. The van der Waals surface area contributed by atoms with Gasteiger partial charge in [-0.1, -0.05) is 78.1 Å². The number of rotatable bonds is 5. The molecule has 1 aromatic heterocycles. The normalized spacial score (nSPS) is 14.5. The van der Waals surface area contributed by atoms with E-state index in [-0.39, 0.29) is 24.0 Å². The predicted octanol–water partition coefficient (Wildman–Crippen LogP) is 5.78. The van der Waals surface area contributed by atoms with Gasteiger partial charge in [-0.05, 0) is 23.3 Å². The molecular weight excluding hydrogens is 437 g/mol. The molecule has 1 aliphatic rings. The van der Waals surface area contributed by atoms with Gasteiger partial charge in [0.25, 0.3) is 5.19 Å². The van der Waals surface area contributed by atoms with Crippen molar-refractivity contribution in [2.45, 2.75) is 25.0 Å². The number of benzene rings is 3. The van der Waals surface area contributed by atoms with Crippen molar-refractivity contribution in [1.82, 2.24) is 15.2 Å². The van der Waals surface area contributed by atoms with Gasteiger partial charge in [-0.25, -0.2) is 9.18 Å². The Morgan fingerprint density at radius 1 is 0.970 bits per heavy atom. The van der Waals surface area contributed by atoms with E-state index in [4.69, 9.17) is 4.74 Å². The lowest BCUT2D eigenvalue weighted by Gasteiger charge is -2.33. The van der Waals surface area contributed by atoms with Crippen molar-refractivity contribution >= 4 is 27.6 Å². The number of hydrogen-bond donors (Lipinski definition) is 1. The van der Waals surface area contributed by atoms with Gasteiger partial charge in [0.1, 0.15) is 17.4 Å². The minimum Gasteiger partial charge on any atom is -0.467 e. The zero-order valence-corrected chi connectivity index (χ0v) is 18.8. The van der Waals surface area contributed by atoms with Crippen molar-refractivity contribution in [3.05, 3.63) is 95.8 Å². The second kappa shape index (κ2) is 9.58. The highest BCUT2D eigenvalue weighted by Gasteiger charge is 2.27. The van der Waals surface area contributed by atoms with Crippen molar-refractivity contribution in [3.8, 4) is 5.19 Å². The van der Waals surface area contributed by atoms with E-state index < -0.39 is 0 Å². The summed E-state index contributed by atoms with van der Waals surface area (Å²) in [5, 5.41) is 3.68. The van der Waals surface area contributed by atoms with Crippen LogP contribution in [0.2, 0.25) is 0 Å². The Kier molecular flexibility index (Phi) is 6.21. The van der Waals surface area contributed by atoms with Crippen molar-refractivity contribution in [1.29, 1.82) is 0 Å². The molecule has 33 heavy (non-hydrogen) atoms. The van der Waals surface area contributed by atoms with Gasteiger partial charge in [-0.3, -0.25) is 0 Å². The number of aromatic nitrogens is 1. The average Bonchev–Trinajstić information content (AvgIpc) is 3.28. The average molecular weight is 462 g/mol. The quantitative estimate of drug-likeness (QED) is 0.410. The molecule has 0 spiro atoms. The van der Waals surface area contributed by atoms with Gasteiger partial charge in [0.2, 0.25) is 0 Å². The Hall–Kier alpha value is -3.45. The second-order valence-corrected chi connectivity index (χ2v) is 9.07. The molecule has 2 amide bonds. The maximum Gasteiger partial charge on any atom is 0.318 e. The van der Waals surface area contributed by atoms with E-state index in [1.807, 2.05) is 71.6 Å². The van der Waals surface area contributed by atoms with Crippen LogP contribution in [0.3, 0.4) is 0 Å². The van der Waals surface area contributed by atoms with Crippen LogP contribution in [0.1, 0.15) is 30.0 Å². The molecule has 0 radical (unpaired) electrons. The van der Waals surface area contributed by atoms with E-state index in [0.717, 1.165) is 15.8 Å². The minimum absolute atomic E-state index is 0.0447. The van der Waals surface area contributed by atoms with Crippen molar-refractivity contribution in [2.75, 3.05) is 13.1 Å². The number of carbonyl (C=O) groups excluding carboxylic acids is 1. The molecule has 0 aliphatic carbocycles. The van der Waals surface area contributed by atoms with Crippen LogP contribution in [0.4, 0.5) is 9.18 Å². The lowest BCUT2D eigenvalue weighted by molar-refractivity contribution is 0.110. The summed E-state index contributed by atoms with van der Waals surface area (Å²) in [4.78, 5) is 19.2. The molecule has 3 aromatic carbocycles. The summed E-state index contributed by atoms with van der Waals surface area (Å²) in [5.41, 5.74) is 2.43. The van der Waals surface area contributed by atoms with E-state index in [9.17, 15) is 9.18 Å². The van der Waals surface area contributed by atoms with Crippen LogP contribution in [0.25, 0.3) is 10.2 Å². The van der Waals surface area contributed by atoms with Crippen LogP contribution in [-0.4, -0.2) is 35.1 Å². The Balaban J connectivity index is 1.22. The zero-order chi connectivity index (χ0) is 22.6. The van der Waals surface area contributed by atoms with Crippen LogP contribution >= 0.6 is 11.3 Å². The summed E-state index contributed by atoms with van der Waals surface area (Å²) < 4.78 is 20.7. The maximum absolute atomic E-state index is 13.9. The number of fused-ring (bicyclic) bond motifs is 1. The Labute approximate surface area is 195 Å². The Bertz CT molecular complexity index is 1180. The molecular formula is C26H24FN3O2S. The molecule has 1 fully saturated rings. The smallest absolute Gasteiger partial charge is 0.318 e. The van der Waals surface area contributed by atoms with Crippen LogP contribution in [0.5, 0.6) is 5.19 Å². The predicted molar refractivity (Wildman–Crippen MR) is 128 cm³/mol. The fourth-order valence-electron chi connectivity index (χ4n) is 4.13. The van der Waals surface area contributed by atoms with Gasteiger partial charge >= 0.3 is 6.03 Å². The van der Waals surface area contributed by atoms with Gasteiger partial charge in [0.15, 0.2) is 0 Å². The van der Waals surface area contributed by atoms with Gasteiger partial charge in [0.05, 0.1) is 10.7 Å². The molecule has 1 aliphatic heterocycles. The van der Waals surface area contributed by atoms with Crippen LogP contribution in [-0.2, 0) is 0 Å². The molecule has 1 saturated heterocycles. The molecule has 5 rings (SSSR count).